The van der Waals surface area contributed by atoms with E-state index in [0.29, 0.717) is 0 Å². The molecular formula is H9ClGe2Si2. The Morgan fingerprint density at radius 3 is 1.40 bits per heavy atom. The zero-order valence-electron chi connectivity index (χ0n) is 3.66. The Morgan fingerprint density at radius 1 is 1.40 bits per heavy atom. The summed E-state index contributed by atoms with van der Waals surface area (Å²) in [5, 5.41) is 0. The minimum absolute atomic E-state index is 0. The number of halogens is 1. The standard InChI is InChI=1S/ClH3Si2.2GeH3/c1-3-2;;/h3H,2H2;2*1H3. The Bertz CT molecular complexity index is 7.61. The fourth-order valence-electron chi connectivity index (χ4n) is 0. The van der Waals surface area contributed by atoms with E-state index in [-0.39, 0.29) is 43.5 Å². The molecule has 0 N–H and O–H groups in total. The molecule has 5 heavy (non-hydrogen) atoms. The van der Waals surface area contributed by atoms with Crippen molar-refractivity contribution < 1.29 is 0 Å². The third-order valence-corrected chi connectivity index (χ3v) is 0. The van der Waals surface area contributed by atoms with Crippen LogP contribution in [0, 0.1) is 0 Å². The molecule has 32 valence electrons. The summed E-state index contributed by atoms with van der Waals surface area (Å²) in [5.41, 5.74) is 0. The first-order valence-corrected chi connectivity index (χ1v) is 5.64. The third kappa shape index (κ3) is 25.7. The third-order valence-electron chi connectivity index (χ3n) is 0. The average Bonchev–Trinajstić information content (AvgIpc) is 0.918. The fourth-order valence-corrected chi connectivity index (χ4v) is 0. The van der Waals surface area contributed by atoms with Gasteiger partial charge in [0, 0.05) is 9.76 Å². The quantitative estimate of drug-likeness (QED) is 0.311. The van der Waals surface area contributed by atoms with Crippen molar-refractivity contribution in [3.63, 3.8) is 0 Å². The summed E-state index contributed by atoms with van der Waals surface area (Å²) in [6.45, 7) is 0. The van der Waals surface area contributed by atoms with Crippen LogP contribution in [-0.4, -0.2) is 53.3 Å². The van der Waals surface area contributed by atoms with E-state index in [1.807, 2.05) is 9.76 Å². The van der Waals surface area contributed by atoms with Gasteiger partial charge < -0.3 is 0 Å². The van der Waals surface area contributed by atoms with Crippen LogP contribution in [0.3, 0.4) is 0 Å². The van der Waals surface area contributed by atoms with E-state index in [4.69, 9.17) is 11.1 Å². The van der Waals surface area contributed by atoms with Crippen LogP contribution in [0.5, 0.6) is 0 Å². The van der Waals surface area contributed by atoms with Gasteiger partial charge in [0.1, 0.15) is 8.35 Å². The SMILES string of the molecule is [GeH3].[GeH3].[SiH2][SiH]Cl. The summed E-state index contributed by atoms with van der Waals surface area (Å²) in [5.74, 6) is 0. The molecule has 0 aliphatic carbocycles. The molecular weight excluding hydrogens is 237 g/mol. The summed E-state index contributed by atoms with van der Waals surface area (Å²) in [6, 6.07) is 0. The summed E-state index contributed by atoms with van der Waals surface area (Å²) in [6.07, 6.45) is 0. The Balaban J connectivity index is -0.0000000200. The minimum Gasteiger partial charge on any atom is -0.179 e. The predicted octanol–water partition coefficient (Wildman–Crippen LogP) is -3.24. The molecule has 0 aromatic carbocycles. The number of hydrogen-bond donors (Lipinski definition) is 0. The first-order valence-electron chi connectivity index (χ1n) is 0.626. The molecule has 5 heteroatoms. The van der Waals surface area contributed by atoms with Crippen LogP contribution in [0.4, 0.5) is 0 Å². The smallest absolute Gasteiger partial charge is 0.125 e. The van der Waals surface area contributed by atoms with Crippen LogP contribution in [0.1, 0.15) is 0 Å². The van der Waals surface area contributed by atoms with Gasteiger partial charge in [0.05, 0.1) is 0 Å². The van der Waals surface area contributed by atoms with Gasteiger partial charge in [-0.3, -0.25) is 0 Å². The maximum atomic E-state index is 5.09. The van der Waals surface area contributed by atoms with E-state index < -0.39 is 0 Å². The van der Waals surface area contributed by atoms with E-state index in [1.54, 1.807) is 0 Å². The van der Waals surface area contributed by atoms with Gasteiger partial charge in [0.25, 0.3) is 0 Å². The largest absolute Gasteiger partial charge is 0.179 e. The summed E-state index contributed by atoms with van der Waals surface area (Å²) >= 11 is 5.09. The Hall–Kier alpha value is 1.81. The Morgan fingerprint density at radius 2 is 1.40 bits per heavy atom. The van der Waals surface area contributed by atoms with Gasteiger partial charge in [0.2, 0.25) is 0 Å². The van der Waals surface area contributed by atoms with Crippen molar-refractivity contribution in [2.24, 2.45) is 0 Å². The van der Waals surface area contributed by atoms with Gasteiger partial charge in [-0.2, -0.15) is 11.1 Å². The molecule has 0 aromatic heterocycles. The molecule has 0 aliphatic rings. The number of hydrogen-bond acceptors (Lipinski definition) is 0. The van der Waals surface area contributed by atoms with E-state index >= 15 is 0 Å². The van der Waals surface area contributed by atoms with E-state index in [0.717, 1.165) is 0 Å². The molecule has 0 heterocycles. The second-order valence-electron chi connectivity index (χ2n) is 0.154. The van der Waals surface area contributed by atoms with Gasteiger partial charge in [-0.25, -0.2) is 0 Å². The normalized spacial score (nSPS) is 3.60. The van der Waals surface area contributed by atoms with Crippen LogP contribution in [-0.2, 0) is 0 Å². The van der Waals surface area contributed by atoms with Crippen molar-refractivity contribution in [3.05, 3.63) is 0 Å². The average molecular weight is 246 g/mol. The monoisotopic (exact) mass is 248 g/mol. The zero-order valence-corrected chi connectivity index (χ0v) is 15.4. The van der Waals surface area contributed by atoms with Crippen LogP contribution in [0.2, 0.25) is 0 Å². The molecule has 0 aromatic rings. The van der Waals surface area contributed by atoms with Gasteiger partial charge >= 0.3 is 35.2 Å². The summed E-state index contributed by atoms with van der Waals surface area (Å²) in [4.78, 5) is 0. The first kappa shape index (κ1) is 15.8. The van der Waals surface area contributed by atoms with Gasteiger partial charge in [-0.1, -0.05) is 0 Å². The maximum absolute atomic E-state index is 5.09. The minimum atomic E-state index is 0. The van der Waals surface area contributed by atoms with E-state index in [1.165, 1.54) is 0 Å². The molecule has 0 nitrogen and oxygen atoms in total. The van der Waals surface area contributed by atoms with Gasteiger partial charge in [0.15, 0.2) is 0 Å². The second kappa shape index (κ2) is 17.0. The zero-order chi connectivity index (χ0) is 2.71. The molecule has 0 unspecified atom stereocenters. The van der Waals surface area contributed by atoms with Gasteiger partial charge in [-0.05, 0) is 0 Å². The molecule has 0 bridgehead atoms. The summed E-state index contributed by atoms with van der Waals surface area (Å²) < 4.78 is 0. The molecule has 0 saturated heterocycles. The molecule has 0 amide bonds. The van der Waals surface area contributed by atoms with Crippen LogP contribution in [0.15, 0.2) is 0 Å². The van der Waals surface area contributed by atoms with Crippen LogP contribution in [0.25, 0.3) is 0 Å². The van der Waals surface area contributed by atoms with Crippen molar-refractivity contribution in [1.29, 1.82) is 0 Å². The fraction of sp³-hybridized carbons (Fsp3) is 0. The van der Waals surface area contributed by atoms with Crippen molar-refractivity contribution in [2.45, 2.75) is 0 Å². The molecule has 0 saturated carbocycles. The molecule has 0 rings (SSSR count). The van der Waals surface area contributed by atoms with E-state index in [2.05, 4.69) is 0 Å². The molecule has 0 aliphatic heterocycles. The maximum Gasteiger partial charge on any atom is 0.125 e. The Labute approximate surface area is 64.1 Å². The first-order chi connectivity index (χ1) is 1.41. The van der Waals surface area contributed by atoms with Crippen LogP contribution >= 0.6 is 11.1 Å². The summed E-state index contributed by atoms with van der Waals surface area (Å²) in [7, 11) is 2.07. The molecule has 0 atom stereocenters. The van der Waals surface area contributed by atoms with Crippen molar-refractivity contribution in [2.75, 3.05) is 0 Å². The van der Waals surface area contributed by atoms with E-state index in [9.17, 15) is 0 Å². The predicted molar refractivity (Wildman–Crippen MR) is 41.4 cm³/mol. The topological polar surface area (TPSA) is 0 Å². The van der Waals surface area contributed by atoms with Gasteiger partial charge in [-0.15, -0.1) is 0 Å². The number of rotatable bonds is 0. The molecule has 4 radical (unpaired) electrons. The molecule has 0 spiro atoms. The van der Waals surface area contributed by atoms with Crippen molar-refractivity contribution >= 4 is 64.4 Å². The second-order valence-corrected chi connectivity index (χ2v) is 4.17. The van der Waals surface area contributed by atoms with Crippen molar-refractivity contribution in [3.8, 4) is 0 Å². The molecule has 0 fully saturated rings. The van der Waals surface area contributed by atoms with Crippen molar-refractivity contribution in [1.82, 2.24) is 0 Å². The van der Waals surface area contributed by atoms with Crippen LogP contribution < -0.4 is 0 Å². The Kier molecular flexibility index (Phi) is 53.9.